The third kappa shape index (κ3) is 2.06. The Bertz CT molecular complexity index is 648. The van der Waals surface area contributed by atoms with E-state index in [9.17, 15) is 9.59 Å². The molecular formula is C21H29NO2. The standard InChI is InChI=1S/C21H29NO2/c1-4-22-18-12-14-15-5-6-19(24)21(15,3)10-8-16(14)20(2)9-7-13(23)11-17(18)20/h7,9,11,14-16,18,22H,4-6,8,10,12H2,1-3H3/t14-,15-,16-,18+,20+,21-/m0/s1. The summed E-state index contributed by atoms with van der Waals surface area (Å²) >= 11 is 0. The van der Waals surface area contributed by atoms with E-state index in [0.717, 1.165) is 38.6 Å². The summed E-state index contributed by atoms with van der Waals surface area (Å²) in [6, 6.07) is 0.271. The van der Waals surface area contributed by atoms with Crippen LogP contribution in [0.1, 0.15) is 52.9 Å². The molecule has 0 aliphatic heterocycles. The Labute approximate surface area is 145 Å². The molecule has 3 fully saturated rings. The summed E-state index contributed by atoms with van der Waals surface area (Å²) < 4.78 is 0. The van der Waals surface area contributed by atoms with Crippen molar-refractivity contribution in [2.24, 2.45) is 28.6 Å². The molecule has 4 aliphatic rings. The smallest absolute Gasteiger partial charge is 0.178 e. The lowest BCUT2D eigenvalue weighted by molar-refractivity contribution is -0.131. The second kappa shape index (κ2) is 5.39. The number of hydrogen-bond donors (Lipinski definition) is 1. The van der Waals surface area contributed by atoms with Gasteiger partial charge in [0.15, 0.2) is 5.78 Å². The first-order valence-corrected chi connectivity index (χ1v) is 9.62. The Balaban J connectivity index is 1.75. The average molecular weight is 327 g/mol. The molecule has 0 heterocycles. The number of allylic oxidation sites excluding steroid dienone is 3. The molecule has 4 rings (SSSR count). The summed E-state index contributed by atoms with van der Waals surface area (Å²) in [6.45, 7) is 7.59. The predicted molar refractivity (Wildman–Crippen MR) is 94.5 cm³/mol. The van der Waals surface area contributed by atoms with Crippen molar-refractivity contribution in [2.75, 3.05) is 6.54 Å². The molecule has 0 bridgehead atoms. The van der Waals surface area contributed by atoms with Crippen molar-refractivity contribution < 1.29 is 9.59 Å². The molecule has 3 heteroatoms. The van der Waals surface area contributed by atoms with Gasteiger partial charge in [0.05, 0.1) is 0 Å². The normalized spacial score (nSPS) is 47.0. The molecule has 24 heavy (non-hydrogen) atoms. The van der Waals surface area contributed by atoms with Gasteiger partial charge in [-0.3, -0.25) is 9.59 Å². The van der Waals surface area contributed by atoms with Crippen LogP contribution < -0.4 is 5.32 Å². The number of nitrogens with one attached hydrogen (secondary N) is 1. The zero-order valence-corrected chi connectivity index (χ0v) is 15.1. The Morgan fingerprint density at radius 3 is 2.75 bits per heavy atom. The number of carbonyl (C=O) groups is 2. The SMILES string of the molecule is CCN[C@@H]1C[C@@H]2[C@H](CC[C@]3(C)C(=O)CC[C@@H]23)[C@@]2(C)C=CC(=O)C=C12. The molecule has 0 unspecified atom stereocenters. The second-order valence-electron chi connectivity index (χ2n) is 8.76. The number of fused-ring (bicyclic) bond motifs is 5. The average Bonchev–Trinajstić information content (AvgIpc) is 2.85. The van der Waals surface area contributed by atoms with E-state index in [-0.39, 0.29) is 22.7 Å². The largest absolute Gasteiger partial charge is 0.310 e. The third-order valence-electron chi connectivity index (χ3n) is 7.76. The number of carbonyl (C=O) groups excluding carboxylic acids is 2. The van der Waals surface area contributed by atoms with Gasteiger partial charge < -0.3 is 5.32 Å². The maximum Gasteiger partial charge on any atom is 0.178 e. The maximum absolute atomic E-state index is 12.5. The molecular weight excluding hydrogens is 298 g/mol. The molecule has 1 N–H and O–H groups in total. The Kier molecular flexibility index (Phi) is 3.65. The molecule has 0 radical (unpaired) electrons. The number of ketones is 2. The van der Waals surface area contributed by atoms with Crippen LogP contribution in [0.2, 0.25) is 0 Å². The third-order valence-corrected chi connectivity index (χ3v) is 7.76. The van der Waals surface area contributed by atoms with E-state index in [2.05, 4.69) is 32.2 Å². The van der Waals surface area contributed by atoms with E-state index in [1.165, 1.54) is 5.57 Å². The molecule has 0 amide bonds. The first-order valence-electron chi connectivity index (χ1n) is 9.62. The van der Waals surface area contributed by atoms with Crippen LogP contribution in [-0.4, -0.2) is 24.2 Å². The molecule has 0 saturated heterocycles. The van der Waals surface area contributed by atoms with Crippen molar-refractivity contribution in [2.45, 2.75) is 58.9 Å². The summed E-state index contributed by atoms with van der Waals surface area (Å²) in [4.78, 5) is 24.5. The van der Waals surface area contributed by atoms with Crippen LogP contribution in [0.25, 0.3) is 0 Å². The van der Waals surface area contributed by atoms with Gasteiger partial charge in [-0.25, -0.2) is 0 Å². The van der Waals surface area contributed by atoms with Gasteiger partial charge in [0.1, 0.15) is 5.78 Å². The highest BCUT2D eigenvalue weighted by Crippen LogP contribution is 2.63. The van der Waals surface area contributed by atoms with Crippen LogP contribution in [-0.2, 0) is 9.59 Å². The summed E-state index contributed by atoms with van der Waals surface area (Å²) in [7, 11) is 0. The van der Waals surface area contributed by atoms with Crippen LogP contribution in [0.3, 0.4) is 0 Å². The number of Topliss-reactive ketones (excluding diaryl/α,β-unsaturated/α-hetero) is 1. The summed E-state index contributed by atoms with van der Waals surface area (Å²) in [6.07, 6.45) is 10.9. The zero-order chi connectivity index (χ0) is 17.1. The van der Waals surface area contributed by atoms with Crippen molar-refractivity contribution in [1.82, 2.24) is 5.32 Å². The van der Waals surface area contributed by atoms with Crippen LogP contribution in [0.15, 0.2) is 23.8 Å². The van der Waals surface area contributed by atoms with Crippen LogP contribution in [0.5, 0.6) is 0 Å². The molecule has 4 aliphatic carbocycles. The van der Waals surface area contributed by atoms with Gasteiger partial charge in [-0.2, -0.15) is 0 Å². The maximum atomic E-state index is 12.5. The molecule has 0 aromatic rings. The minimum absolute atomic E-state index is 0.0311. The van der Waals surface area contributed by atoms with Crippen molar-refractivity contribution >= 4 is 11.6 Å². The minimum Gasteiger partial charge on any atom is -0.310 e. The number of hydrogen-bond acceptors (Lipinski definition) is 3. The molecule has 130 valence electrons. The van der Waals surface area contributed by atoms with Gasteiger partial charge in [0, 0.05) is 23.3 Å². The molecule has 0 aromatic heterocycles. The number of likely N-dealkylation sites (N-methyl/N-ethyl adjacent to an activating group) is 1. The van der Waals surface area contributed by atoms with Gasteiger partial charge >= 0.3 is 0 Å². The van der Waals surface area contributed by atoms with Crippen LogP contribution >= 0.6 is 0 Å². The van der Waals surface area contributed by atoms with Crippen molar-refractivity contribution in [1.29, 1.82) is 0 Å². The van der Waals surface area contributed by atoms with Crippen LogP contribution in [0.4, 0.5) is 0 Å². The molecule has 6 atom stereocenters. The summed E-state index contributed by atoms with van der Waals surface area (Å²) in [5, 5.41) is 3.63. The lowest BCUT2D eigenvalue weighted by atomic mass is 9.47. The van der Waals surface area contributed by atoms with Gasteiger partial charge in [0.2, 0.25) is 0 Å². The lowest BCUT2D eigenvalue weighted by Crippen LogP contribution is -2.55. The van der Waals surface area contributed by atoms with Gasteiger partial charge in [0.25, 0.3) is 0 Å². The van der Waals surface area contributed by atoms with E-state index in [1.54, 1.807) is 6.08 Å². The monoisotopic (exact) mass is 327 g/mol. The summed E-state index contributed by atoms with van der Waals surface area (Å²) in [5.41, 5.74) is 1.16. The number of rotatable bonds is 2. The van der Waals surface area contributed by atoms with Crippen LogP contribution in [0, 0.1) is 28.6 Å². The topological polar surface area (TPSA) is 46.2 Å². The molecule has 3 saturated carbocycles. The fourth-order valence-electron chi connectivity index (χ4n) is 6.49. The minimum atomic E-state index is -0.0935. The van der Waals surface area contributed by atoms with Gasteiger partial charge in [-0.05, 0) is 67.7 Å². The highest BCUT2D eigenvalue weighted by Gasteiger charge is 2.59. The predicted octanol–water partition coefficient (Wildman–Crippen LogP) is 3.45. The van der Waals surface area contributed by atoms with Crippen molar-refractivity contribution in [3.05, 3.63) is 23.8 Å². The van der Waals surface area contributed by atoms with E-state index in [4.69, 9.17) is 0 Å². The highest BCUT2D eigenvalue weighted by atomic mass is 16.1. The zero-order valence-electron chi connectivity index (χ0n) is 15.1. The lowest BCUT2D eigenvalue weighted by Gasteiger charge is -2.57. The fraction of sp³-hybridized carbons (Fsp3) is 0.714. The van der Waals surface area contributed by atoms with E-state index < -0.39 is 0 Å². The summed E-state index contributed by atoms with van der Waals surface area (Å²) in [5.74, 6) is 2.29. The Hall–Kier alpha value is -1.22. The van der Waals surface area contributed by atoms with E-state index in [1.807, 2.05) is 6.08 Å². The quantitative estimate of drug-likeness (QED) is 0.845. The Morgan fingerprint density at radius 1 is 1.21 bits per heavy atom. The Morgan fingerprint density at radius 2 is 2.00 bits per heavy atom. The van der Waals surface area contributed by atoms with E-state index >= 15 is 0 Å². The van der Waals surface area contributed by atoms with Gasteiger partial charge in [-0.15, -0.1) is 0 Å². The van der Waals surface area contributed by atoms with Gasteiger partial charge in [-0.1, -0.05) is 26.8 Å². The molecule has 0 spiro atoms. The first kappa shape index (κ1) is 16.3. The van der Waals surface area contributed by atoms with E-state index in [0.29, 0.717) is 23.5 Å². The first-order chi connectivity index (χ1) is 11.4. The van der Waals surface area contributed by atoms with Crippen molar-refractivity contribution in [3.8, 4) is 0 Å². The fourth-order valence-corrected chi connectivity index (χ4v) is 6.49. The molecule has 3 nitrogen and oxygen atoms in total. The molecule has 0 aromatic carbocycles. The van der Waals surface area contributed by atoms with Crippen molar-refractivity contribution in [3.63, 3.8) is 0 Å². The highest BCUT2D eigenvalue weighted by molar-refractivity contribution is 6.01. The second-order valence-corrected chi connectivity index (χ2v) is 8.76.